The summed E-state index contributed by atoms with van der Waals surface area (Å²) in [6, 6.07) is 1.88. The van der Waals surface area contributed by atoms with Crippen molar-refractivity contribution >= 4 is 11.6 Å². The van der Waals surface area contributed by atoms with Gasteiger partial charge in [-0.05, 0) is 45.4 Å². The quantitative estimate of drug-likeness (QED) is 0.549. The predicted octanol–water partition coefficient (Wildman–Crippen LogP) is 2.24. The van der Waals surface area contributed by atoms with Crippen LogP contribution in [0.15, 0.2) is 6.07 Å². The first-order valence-corrected chi connectivity index (χ1v) is 6.72. The highest BCUT2D eigenvalue weighted by atomic mass is 15.3. The van der Waals surface area contributed by atoms with Crippen molar-refractivity contribution in [2.24, 2.45) is 11.8 Å². The third kappa shape index (κ3) is 2.41. The molecule has 2 aliphatic carbocycles. The smallest absolute Gasteiger partial charge is 0.145 e. The summed E-state index contributed by atoms with van der Waals surface area (Å²) in [4.78, 5) is 9.04. The molecule has 3 rings (SSSR count). The molecule has 4 N–H and O–H groups in total. The molecule has 0 amide bonds. The number of aromatic nitrogens is 2. The molecule has 1 aromatic rings. The van der Waals surface area contributed by atoms with Gasteiger partial charge in [-0.2, -0.15) is 0 Å². The van der Waals surface area contributed by atoms with Crippen molar-refractivity contribution < 1.29 is 0 Å². The molecule has 2 saturated carbocycles. The summed E-state index contributed by atoms with van der Waals surface area (Å²) in [6.07, 6.45) is 5.00. The molecule has 0 bridgehead atoms. The standard InChI is InChI=1S/C13H21N5/c1-13(2,9-5-6-9)17-10-7-11(18-14)16-12(15-10)8-3-4-8/h7-9H,3-6,14H2,1-2H3,(H2,15,16,17,18). The fourth-order valence-corrected chi connectivity index (χ4v) is 2.37. The van der Waals surface area contributed by atoms with Crippen LogP contribution >= 0.6 is 0 Å². The minimum absolute atomic E-state index is 0.0983. The molecule has 2 fully saturated rings. The molecule has 0 atom stereocenters. The van der Waals surface area contributed by atoms with E-state index in [4.69, 9.17) is 5.84 Å². The van der Waals surface area contributed by atoms with Gasteiger partial charge in [0.15, 0.2) is 0 Å². The lowest BCUT2D eigenvalue weighted by atomic mass is 9.99. The second-order valence-corrected chi connectivity index (χ2v) is 6.04. The fraction of sp³-hybridized carbons (Fsp3) is 0.692. The second-order valence-electron chi connectivity index (χ2n) is 6.04. The molecule has 0 aliphatic heterocycles. The van der Waals surface area contributed by atoms with E-state index in [0.717, 1.165) is 17.6 Å². The Labute approximate surface area is 108 Å². The van der Waals surface area contributed by atoms with Crippen LogP contribution in [0.2, 0.25) is 0 Å². The number of hydrogen-bond acceptors (Lipinski definition) is 5. The van der Waals surface area contributed by atoms with Crippen LogP contribution in [0.25, 0.3) is 0 Å². The minimum atomic E-state index is 0.0983. The van der Waals surface area contributed by atoms with Crippen molar-refractivity contribution in [1.29, 1.82) is 0 Å². The lowest BCUT2D eigenvalue weighted by Crippen LogP contribution is -2.34. The molecule has 0 unspecified atom stereocenters. The lowest BCUT2D eigenvalue weighted by molar-refractivity contribution is 0.492. The van der Waals surface area contributed by atoms with Gasteiger partial charge in [-0.15, -0.1) is 0 Å². The van der Waals surface area contributed by atoms with Gasteiger partial charge < -0.3 is 10.7 Å². The normalized spacial score (nSPS) is 19.7. The van der Waals surface area contributed by atoms with Crippen LogP contribution in [0.4, 0.5) is 11.6 Å². The molecule has 98 valence electrons. The Morgan fingerprint density at radius 3 is 2.39 bits per heavy atom. The van der Waals surface area contributed by atoms with Crippen molar-refractivity contribution in [3.63, 3.8) is 0 Å². The Bertz CT molecular complexity index is 449. The summed E-state index contributed by atoms with van der Waals surface area (Å²) in [5.41, 5.74) is 2.73. The maximum atomic E-state index is 5.48. The van der Waals surface area contributed by atoms with Gasteiger partial charge in [-0.3, -0.25) is 0 Å². The first-order chi connectivity index (χ1) is 8.58. The molecular weight excluding hydrogens is 226 g/mol. The van der Waals surface area contributed by atoms with E-state index in [9.17, 15) is 0 Å². The summed E-state index contributed by atoms with van der Waals surface area (Å²) in [7, 11) is 0. The number of nitrogens with zero attached hydrogens (tertiary/aromatic N) is 2. The molecule has 18 heavy (non-hydrogen) atoms. The topological polar surface area (TPSA) is 75.9 Å². The summed E-state index contributed by atoms with van der Waals surface area (Å²) in [5.74, 6) is 9.26. The largest absolute Gasteiger partial charge is 0.365 e. The Morgan fingerprint density at radius 1 is 1.17 bits per heavy atom. The Balaban J connectivity index is 1.83. The molecule has 5 nitrogen and oxygen atoms in total. The number of hydrazine groups is 1. The van der Waals surface area contributed by atoms with Crippen molar-refractivity contribution in [1.82, 2.24) is 9.97 Å². The fourth-order valence-electron chi connectivity index (χ4n) is 2.37. The van der Waals surface area contributed by atoms with Crippen molar-refractivity contribution in [3.8, 4) is 0 Å². The second kappa shape index (κ2) is 4.09. The molecule has 1 aromatic heterocycles. The van der Waals surface area contributed by atoms with Gasteiger partial charge >= 0.3 is 0 Å². The average molecular weight is 247 g/mol. The summed E-state index contributed by atoms with van der Waals surface area (Å²) >= 11 is 0. The number of nitrogens with one attached hydrogen (secondary N) is 2. The van der Waals surface area contributed by atoms with E-state index in [0.29, 0.717) is 11.7 Å². The zero-order chi connectivity index (χ0) is 12.8. The minimum Gasteiger partial charge on any atom is -0.365 e. The average Bonchev–Trinajstić information content (AvgIpc) is 3.19. The molecule has 0 spiro atoms. The molecule has 0 saturated heterocycles. The Morgan fingerprint density at radius 2 is 1.83 bits per heavy atom. The highest BCUT2D eigenvalue weighted by molar-refractivity contribution is 5.49. The van der Waals surface area contributed by atoms with E-state index in [1.807, 2.05) is 6.07 Å². The summed E-state index contributed by atoms with van der Waals surface area (Å²) in [6.45, 7) is 4.47. The Kier molecular flexibility index (Phi) is 2.66. The van der Waals surface area contributed by atoms with E-state index < -0.39 is 0 Å². The van der Waals surface area contributed by atoms with Gasteiger partial charge in [-0.1, -0.05) is 0 Å². The number of hydrogen-bond donors (Lipinski definition) is 3. The maximum Gasteiger partial charge on any atom is 0.145 e. The van der Waals surface area contributed by atoms with Crippen molar-refractivity contribution in [3.05, 3.63) is 11.9 Å². The molecule has 5 heteroatoms. The van der Waals surface area contributed by atoms with Crippen LogP contribution in [-0.4, -0.2) is 15.5 Å². The molecule has 1 heterocycles. The molecule has 0 aromatic carbocycles. The summed E-state index contributed by atoms with van der Waals surface area (Å²) < 4.78 is 0. The van der Waals surface area contributed by atoms with E-state index in [2.05, 4.69) is 34.6 Å². The third-order valence-corrected chi connectivity index (χ3v) is 3.88. The van der Waals surface area contributed by atoms with Crippen molar-refractivity contribution in [2.75, 3.05) is 10.7 Å². The van der Waals surface area contributed by atoms with Gasteiger partial charge in [0.2, 0.25) is 0 Å². The number of nitrogen functional groups attached to an aromatic ring is 1. The van der Waals surface area contributed by atoms with E-state index in [-0.39, 0.29) is 5.54 Å². The first kappa shape index (κ1) is 11.7. The summed E-state index contributed by atoms with van der Waals surface area (Å²) in [5, 5.41) is 3.53. The molecule has 0 radical (unpaired) electrons. The van der Waals surface area contributed by atoms with Gasteiger partial charge in [0, 0.05) is 17.5 Å². The van der Waals surface area contributed by atoms with E-state index in [1.54, 1.807) is 0 Å². The van der Waals surface area contributed by atoms with Crippen LogP contribution < -0.4 is 16.6 Å². The van der Waals surface area contributed by atoms with Crippen LogP contribution in [-0.2, 0) is 0 Å². The van der Waals surface area contributed by atoms with Crippen LogP contribution in [0, 0.1) is 5.92 Å². The Hall–Kier alpha value is -1.36. The first-order valence-electron chi connectivity index (χ1n) is 6.72. The van der Waals surface area contributed by atoms with Gasteiger partial charge in [0.25, 0.3) is 0 Å². The SMILES string of the molecule is CC(C)(Nc1cc(NN)nc(C2CC2)n1)C1CC1. The molecular formula is C13H21N5. The predicted molar refractivity (Wildman–Crippen MR) is 72.2 cm³/mol. The lowest BCUT2D eigenvalue weighted by Gasteiger charge is -2.27. The van der Waals surface area contributed by atoms with Crippen LogP contribution in [0.1, 0.15) is 51.3 Å². The number of anilines is 2. The third-order valence-electron chi connectivity index (χ3n) is 3.88. The number of rotatable bonds is 5. The van der Waals surface area contributed by atoms with Gasteiger partial charge in [-0.25, -0.2) is 15.8 Å². The van der Waals surface area contributed by atoms with E-state index >= 15 is 0 Å². The highest BCUT2D eigenvalue weighted by Gasteiger charge is 2.38. The van der Waals surface area contributed by atoms with E-state index in [1.165, 1.54) is 25.7 Å². The zero-order valence-corrected chi connectivity index (χ0v) is 11.0. The zero-order valence-electron chi connectivity index (χ0n) is 11.0. The monoisotopic (exact) mass is 247 g/mol. The van der Waals surface area contributed by atoms with Crippen molar-refractivity contribution in [2.45, 2.75) is 51.0 Å². The van der Waals surface area contributed by atoms with Gasteiger partial charge in [0.05, 0.1) is 0 Å². The van der Waals surface area contributed by atoms with Crippen LogP contribution in [0.5, 0.6) is 0 Å². The number of nitrogens with two attached hydrogens (primary N) is 1. The molecule has 2 aliphatic rings. The highest BCUT2D eigenvalue weighted by Crippen LogP contribution is 2.42. The maximum absolute atomic E-state index is 5.48. The van der Waals surface area contributed by atoms with Crippen LogP contribution in [0.3, 0.4) is 0 Å². The van der Waals surface area contributed by atoms with Gasteiger partial charge in [0.1, 0.15) is 17.5 Å².